The molecule has 1 aliphatic heterocycles. The van der Waals surface area contributed by atoms with E-state index in [0.29, 0.717) is 10.8 Å². The molecule has 3 aliphatic rings. The Morgan fingerprint density at radius 2 is 2.00 bits per heavy atom. The van der Waals surface area contributed by atoms with Crippen molar-refractivity contribution in [2.45, 2.75) is 58.5 Å². The van der Waals surface area contributed by atoms with Crippen molar-refractivity contribution in [1.29, 1.82) is 0 Å². The van der Waals surface area contributed by atoms with Crippen molar-refractivity contribution in [3.8, 4) is 0 Å². The van der Waals surface area contributed by atoms with Crippen LogP contribution in [0.2, 0.25) is 0 Å². The maximum Gasteiger partial charge on any atom is 0.0207 e. The number of hydrogen-bond donors (Lipinski definition) is 2. The predicted octanol–water partition coefficient (Wildman–Crippen LogP) is 2.15. The summed E-state index contributed by atoms with van der Waals surface area (Å²) in [4.78, 5) is 0. The quantitative estimate of drug-likeness (QED) is 0.748. The van der Waals surface area contributed by atoms with E-state index in [9.17, 15) is 0 Å². The standard InChI is InChI=1S/C14H26N2/c1-13(2)10-4-6-14(3,8-10)12(13)16-11-5-7-15-9-11/h10-12,15-16H,4-9H2,1-3H3. The second-order valence-electron chi connectivity index (χ2n) is 7.20. The molecular formula is C14H26N2. The van der Waals surface area contributed by atoms with Crippen LogP contribution in [0.1, 0.15) is 46.5 Å². The van der Waals surface area contributed by atoms with Gasteiger partial charge >= 0.3 is 0 Å². The molecule has 0 aromatic carbocycles. The molecule has 2 heteroatoms. The van der Waals surface area contributed by atoms with E-state index in [0.717, 1.165) is 18.0 Å². The number of rotatable bonds is 2. The molecule has 2 aliphatic carbocycles. The number of hydrogen-bond acceptors (Lipinski definition) is 2. The minimum absolute atomic E-state index is 0.510. The van der Waals surface area contributed by atoms with Gasteiger partial charge in [-0.3, -0.25) is 0 Å². The molecule has 0 amide bonds. The van der Waals surface area contributed by atoms with E-state index in [-0.39, 0.29) is 0 Å². The van der Waals surface area contributed by atoms with E-state index in [2.05, 4.69) is 31.4 Å². The van der Waals surface area contributed by atoms with E-state index in [1.165, 1.54) is 38.8 Å². The average molecular weight is 222 g/mol. The third-order valence-corrected chi connectivity index (χ3v) is 5.73. The molecule has 4 atom stereocenters. The Labute approximate surface area is 99.6 Å². The fraction of sp³-hybridized carbons (Fsp3) is 1.00. The van der Waals surface area contributed by atoms with Crippen LogP contribution in [-0.4, -0.2) is 25.2 Å². The van der Waals surface area contributed by atoms with Crippen LogP contribution in [0.15, 0.2) is 0 Å². The summed E-state index contributed by atoms with van der Waals surface area (Å²) in [5.74, 6) is 0.962. The molecule has 0 radical (unpaired) electrons. The maximum absolute atomic E-state index is 3.98. The summed E-state index contributed by atoms with van der Waals surface area (Å²) in [5, 5.41) is 7.45. The van der Waals surface area contributed by atoms with Gasteiger partial charge < -0.3 is 10.6 Å². The van der Waals surface area contributed by atoms with Gasteiger partial charge in [0.05, 0.1) is 0 Å². The number of fused-ring (bicyclic) bond motifs is 2. The third-order valence-electron chi connectivity index (χ3n) is 5.73. The van der Waals surface area contributed by atoms with Gasteiger partial charge in [0, 0.05) is 18.6 Å². The van der Waals surface area contributed by atoms with Crippen LogP contribution in [0.4, 0.5) is 0 Å². The van der Waals surface area contributed by atoms with Crippen molar-refractivity contribution < 1.29 is 0 Å². The Hall–Kier alpha value is -0.0800. The Kier molecular flexibility index (Phi) is 2.38. The monoisotopic (exact) mass is 222 g/mol. The molecule has 0 aromatic rings. The van der Waals surface area contributed by atoms with Crippen molar-refractivity contribution in [2.24, 2.45) is 16.7 Å². The smallest absolute Gasteiger partial charge is 0.0207 e. The molecule has 2 bridgehead atoms. The SMILES string of the molecule is CC12CCC(C1)C(C)(C)C2NC1CCNC1. The molecule has 16 heavy (non-hydrogen) atoms. The fourth-order valence-corrected chi connectivity index (χ4v) is 4.75. The van der Waals surface area contributed by atoms with Crippen LogP contribution < -0.4 is 10.6 Å². The van der Waals surface area contributed by atoms with Gasteiger partial charge in [0.25, 0.3) is 0 Å². The summed E-state index contributed by atoms with van der Waals surface area (Å²) >= 11 is 0. The van der Waals surface area contributed by atoms with Crippen molar-refractivity contribution >= 4 is 0 Å². The molecule has 2 N–H and O–H groups in total. The highest BCUT2D eigenvalue weighted by Gasteiger charge is 2.59. The van der Waals surface area contributed by atoms with E-state index < -0.39 is 0 Å². The molecule has 3 rings (SSSR count). The lowest BCUT2D eigenvalue weighted by Gasteiger charge is -2.44. The molecule has 1 saturated heterocycles. The molecule has 92 valence electrons. The van der Waals surface area contributed by atoms with Gasteiger partial charge in [-0.05, 0) is 49.0 Å². The molecule has 0 aromatic heterocycles. The molecule has 2 nitrogen and oxygen atoms in total. The van der Waals surface area contributed by atoms with Gasteiger partial charge in [-0.15, -0.1) is 0 Å². The lowest BCUT2D eigenvalue weighted by Crippen LogP contribution is -2.54. The molecule has 3 fully saturated rings. The molecule has 0 spiro atoms. The van der Waals surface area contributed by atoms with Crippen LogP contribution in [0.25, 0.3) is 0 Å². The minimum atomic E-state index is 0.510. The maximum atomic E-state index is 3.98. The summed E-state index contributed by atoms with van der Waals surface area (Å²) in [6.07, 6.45) is 5.68. The topological polar surface area (TPSA) is 24.1 Å². The normalized spacial score (nSPS) is 50.1. The summed E-state index contributed by atoms with van der Waals surface area (Å²) in [6.45, 7) is 9.87. The predicted molar refractivity (Wildman–Crippen MR) is 67.4 cm³/mol. The van der Waals surface area contributed by atoms with Crippen LogP contribution >= 0.6 is 0 Å². The first kappa shape index (κ1) is 11.0. The largest absolute Gasteiger partial charge is 0.315 e. The van der Waals surface area contributed by atoms with Crippen molar-refractivity contribution in [3.63, 3.8) is 0 Å². The molecule has 1 heterocycles. The fourth-order valence-electron chi connectivity index (χ4n) is 4.75. The van der Waals surface area contributed by atoms with Gasteiger partial charge in [0.2, 0.25) is 0 Å². The zero-order valence-corrected chi connectivity index (χ0v) is 11.0. The Balaban J connectivity index is 1.77. The van der Waals surface area contributed by atoms with E-state index >= 15 is 0 Å². The summed E-state index contributed by atoms with van der Waals surface area (Å²) in [6, 6.07) is 1.46. The zero-order chi connectivity index (χ0) is 11.4. The molecule has 4 unspecified atom stereocenters. The third kappa shape index (κ3) is 1.46. The Morgan fingerprint density at radius 1 is 1.19 bits per heavy atom. The van der Waals surface area contributed by atoms with Crippen molar-refractivity contribution in [2.75, 3.05) is 13.1 Å². The summed E-state index contributed by atoms with van der Waals surface area (Å²) in [5.41, 5.74) is 1.09. The highest BCUT2D eigenvalue weighted by atomic mass is 15.1. The Bertz CT molecular complexity index is 276. The van der Waals surface area contributed by atoms with Gasteiger partial charge in [-0.2, -0.15) is 0 Å². The summed E-state index contributed by atoms with van der Waals surface area (Å²) < 4.78 is 0. The summed E-state index contributed by atoms with van der Waals surface area (Å²) in [7, 11) is 0. The average Bonchev–Trinajstić information content (AvgIpc) is 2.85. The van der Waals surface area contributed by atoms with E-state index in [1.807, 2.05) is 0 Å². The minimum Gasteiger partial charge on any atom is -0.315 e. The Morgan fingerprint density at radius 3 is 2.56 bits per heavy atom. The number of nitrogens with one attached hydrogen (secondary N) is 2. The molecular weight excluding hydrogens is 196 g/mol. The first-order valence-corrected chi connectivity index (χ1v) is 6.99. The highest BCUT2D eigenvalue weighted by Crippen LogP contribution is 2.62. The zero-order valence-electron chi connectivity index (χ0n) is 11.0. The lowest BCUT2D eigenvalue weighted by atomic mass is 9.68. The van der Waals surface area contributed by atoms with Crippen molar-refractivity contribution in [1.82, 2.24) is 10.6 Å². The first-order chi connectivity index (χ1) is 7.52. The second kappa shape index (κ2) is 3.46. The second-order valence-corrected chi connectivity index (χ2v) is 7.20. The lowest BCUT2D eigenvalue weighted by molar-refractivity contribution is 0.100. The van der Waals surface area contributed by atoms with E-state index in [1.54, 1.807) is 0 Å². The first-order valence-electron chi connectivity index (χ1n) is 6.99. The van der Waals surface area contributed by atoms with Crippen LogP contribution in [0, 0.1) is 16.7 Å². The van der Waals surface area contributed by atoms with Gasteiger partial charge in [0.1, 0.15) is 0 Å². The van der Waals surface area contributed by atoms with Gasteiger partial charge in [-0.25, -0.2) is 0 Å². The van der Waals surface area contributed by atoms with Crippen LogP contribution in [0.3, 0.4) is 0 Å². The van der Waals surface area contributed by atoms with Crippen LogP contribution in [-0.2, 0) is 0 Å². The van der Waals surface area contributed by atoms with Gasteiger partial charge in [-0.1, -0.05) is 20.8 Å². The van der Waals surface area contributed by atoms with Crippen LogP contribution in [0.5, 0.6) is 0 Å². The molecule has 2 saturated carbocycles. The van der Waals surface area contributed by atoms with Crippen molar-refractivity contribution in [3.05, 3.63) is 0 Å². The van der Waals surface area contributed by atoms with Gasteiger partial charge in [0.15, 0.2) is 0 Å². The van der Waals surface area contributed by atoms with E-state index in [4.69, 9.17) is 0 Å². The highest BCUT2D eigenvalue weighted by molar-refractivity contribution is 5.12.